The molecule has 6 heteroatoms. The first-order valence-corrected chi connectivity index (χ1v) is 6.58. The van der Waals surface area contributed by atoms with Crippen LogP contribution in [0, 0.1) is 13.8 Å². The number of rotatable bonds is 6. The van der Waals surface area contributed by atoms with Gasteiger partial charge in [-0.15, -0.1) is 0 Å². The summed E-state index contributed by atoms with van der Waals surface area (Å²) < 4.78 is 0. The van der Waals surface area contributed by atoms with E-state index in [1.807, 2.05) is 19.9 Å². The molecule has 6 nitrogen and oxygen atoms in total. The molecule has 118 valence electrons. The minimum atomic E-state index is -1.82. The maximum absolute atomic E-state index is 9.80. The Morgan fingerprint density at radius 3 is 2.19 bits per heavy atom. The molecule has 0 amide bonds. The molecule has 0 saturated carbocycles. The Balaban J connectivity index is 2.87. The molecule has 0 spiro atoms. The van der Waals surface area contributed by atoms with Crippen LogP contribution in [0.3, 0.4) is 0 Å². The highest BCUT2D eigenvalue weighted by Crippen LogP contribution is 2.16. The Morgan fingerprint density at radius 2 is 1.67 bits per heavy atom. The zero-order valence-corrected chi connectivity index (χ0v) is 12.0. The second-order valence-corrected chi connectivity index (χ2v) is 5.09. The molecule has 0 fully saturated rings. The minimum Gasteiger partial charge on any atom is -0.509 e. The second kappa shape index (κ2) is 7.53. The van der Waals surface area contributed by atoms with Gasteiger partial charge < -0.3 is 30.6 Å². The first-order chi connectivity index (χ1) is 9.77. The van der Waals surface area contributed by atoms with E-state index in [9.17, 15) is 25.5 Å². The summed E-state index contributed by atoms with van der Waals surface area (Å²) >= 11 is 0. The summed E-state index contributed by atoms with van der Waals surface area (Å²) in [6, 6.07) is 5.38. The van der Waals surface area contributed by atoms with Gasteiger partial charge in [0.05, 0.1) is 6.61 Å². The molecule has 21 heavy (non-hydrogen) atoms. The Labute approximate surface area is 123 Å². The summed E-state index contributed by atoms with van der Waals surface area (Å²) in [4.78, 5) is 0. The van der Waals surface area contributed by atoms with Gasteiger partial charge in [0.15, 0.2) is 0 Å². The fourth-order valence-corrected chi connectivity index (χ4v) is 1.81. The van der Waals surface area contributed by atoms with Crippen LogP contribution in [0.4, 0.5) is 0 Å². The highest BCUT2D eigenvalue weighted by Gasteiger charge is 2.32. The van der Waals surface area contributed by atoms with Gasteiger partial charge in [-0.05, 0) is 36.6 Å². The van der Waals surface area contributed by atoms with Gasteiger partial charge in [0, 0.05) is 0 Å². The zero-order valence-electron chi connectivity index (χ0n) is 12.0. The van der Waals surface area contributed by atoms with Crippen LogP contribution in [-0.4, -0.2) is 61.7 Å². The molecular formula is C15H22O6. The summed E-state index contributed by atoms with van der Waals surface area (Å²) in [5.74, 6) is -0.546. The monoisotopic (exact) mass is 298 g/mol. The summed E-state index contributed by atoms with van der Waals surface area (Å²) in [6.07, 6.45) is -5.72. The van der Waals surface area contributed by atoms with Crippen molar-refractivity contribution in [3.05, 3.63) is 40.6 Å². The Hall–Kier alpha value is -1.44. The van der Waals surface area contributed by atoms with Gasteiger partial charge in [-0.25, -0.2) is 0 Å². The van der Waals surface area contributed by atoms with Crippen LogP contribution in [0.15, 0.2) is 24.0 Å². The van der Waals surface area contributed by atoms with Gasteiger partial charge in [-0.3, -0.25) is 0 Å². The van der Waals surface area contributed by atoms with Gasteiger partial charge in [-0.2, -0.15) is 0 Å². The molecule has 0 aliphatic rings. The topological polar surface area (TPSA) is 121 Å². The van der Waals surface area contributed by atoms with Crippen molar-refractivity contribution in [2.45, 2.75) is 38.3 Å². The predicted octanol–water partition coefficient (Wildman–Crippen LogP) is -0.362. The van der Waals surface area contributed by atoms with E-state index in [2.05, 4.69) is 0 Å². The average Bonchev–Trinajstić information content (AvgIpc) is 2.47. The third kappa shape index (κ3) is 4.52. The SMILES string of the molecule is Cc1ccc(C=C(O)[C@H](O)[C@@H](O)[C@H](O)[C@H](O)CO)cc1C. The largest absolute Gasteiger partial charge is 0.509 e. The Kier molecular flexibility index (Phi) is 6.32. The molecule has 6 N–H and O–H groups in total. The Morgan fingerprint density at radius 1 is 1.05 bits per heavy atom. The van der Waals surface area contributed by atoms with Crippen molar-refractivity contribution in [1.82, 2.24) is 0 Å². The molecule has 0 aliphatic carbocycles. The standard InChI is InChI=1S/C15H22O6/c1-8-3-4-10(5-9(8)2)6-11(17)13(19)15(21)14(20)12(18)7-16/h3-6,12-21H,7H2,1-2H3/t12-,13+,14-,15-/m1/s1. The summed E-state index contributed by atoms with van der Waals surface area (Å²) in [5, 5.41) is 56.6. The first-order valence-electron chi connectivity index (χ1n) is 6.58. The van der Waals surface area contributed by atoms with Crippen LogP contribution in [0.2, 0.25) is 0 Å². The zero-order chi connectivity index (χ0) is 16.2. The van der Waals surface area contributed by atoms with E-state index in [4.69, 9.17) is 5.11 Å². The maximum atomic E-state index is 9.80. The van der Waals surface area contributed by atoms with E-state index < -0.39 is 36.8 Å². The highest BCUT2D eigenvalue weighted by molar-refractivity contribution is 5.54. The van der Waals surface area contributed by atoms with Crippen LogP contribution in [0.1, 0.15) is 16.7 Å². The second-order valence-electron chi connectivity index (χ2n) is 5.09. The molecule has 0 heterocycles. The molecule has 0 unspecified atom stereocenters. The molecular weight excluding hydrogens is 276 g/mol. The van der Waals surface area contributed by atoms with Crippen molar-refractivity contribution in [3.8, 4) is 0 Å². The summed E-state index contributed by atoms with van der Waals surface area (Å²) in [5.41, 5.74) is 2.70. The van der Waals surface area contributed by atoms with E-state index in [1.165, 1.54) is 6.08 Å². The lowest BCUT2D eigenvalue weighted by atomic mass is 10.00. The van der Waals surface area contributed by atoms with Crippen molar-refractivity contribution in [2.75, 3.05) is 6.61 Å². The molecule has 1 aromatic rings. The molecule has 4 atom stereocenters. The van der Waals surface area contributed by atoms with Crippen molar-refractivity contribution in [1.29, 1.82) is 0 Å². The third-order valence-electron chi connectivity index (χ3n) is 3.40. The number of benzene rings is 1. The van der Waals surface area contributed by atoms with Gasteiger partial charge >= 0.3 is 0 Å². The van der Waals surface area contributed by atoms with Gasteiger partial charge in [0.25, 0.3) is 0 Å². The van der Waals surface area contributed by atoms with Crippen LogP contribution in [0.25, 0.3) is 6.08 Å². The van der Waals surface area contributed by atoms with Crippen LogP contribution < -0.4 is 0 Å². The average molecular weight is 298 g/mol. The molecule has 0 bridgehead atoms. The maximum Gasteiger partial charge on any atom is 0.139 e. The van der Waals surface area contributed by atoms with E-state index >= 15 is 0 Å². The number of aliphatic hydroxyl groups excluding tert-OH is 6. The van der Waals surface area contributed by atoms with Gasteiger partial charge in [0.1, 0.15) is 30.2 Å². The quantitative estimate of drug-likeness (QED) is 0.399. The van der Waals surface area contributed by atoms with Crippen molar-refractivity contribution in [2.24, 2.45) is 0 Å². The summed E-state index contributed by atoms with van der Waals surface area (Å²) in [6.45, 7) is 3.07. The first kappa shape index (κ1) is 17.6. The van der Waals surface area contributed by atoms with Crippen molar-refractivity contribution in [3.63, 3.8) is 0 Å². The number of hydrogen-bond acceptors (Lipinski definition) is 6. The predicted molar refractivity (Wildman–Crippen MR) is 77.6 cm³/mol. The van der Waals surface area contributed by atoms with Crippen molar-refractivity contribution >= 4 is 6.08 Å². The van der Waals surface area contributed by atoms with Crippen LogP contribution >= 0.6 is 0 Å². The van der Waals surface area contributed by atoms with E-state index in [1.54, 1.807) is 12.1 Å². The third-order valence-corrected chi connectivity index (χ3v) is 3.40. The number of aliphatic hydroxyl groups is 6. The molecule has 0 saturated heterocycles. The minimum absolute atomic E-state index is 0.546. The Bertz CT molecular complexity index is 499. The fraction of sp³-hybridized carbons (Fsp3) is 0.467. The van der Waals surface area contributed by atoms with E-state index in [0.717, 1.165) is 11.1 Å². The van der Waals surface area contributed by atoms with Crippen LogP contribution in [0.5, 0.6) is 0 Å². The lowest BCUT2D eigenvalue weighted by molar-refractivity contribution is -0.112. The van der Waals surface area contributed by atoms with Crippen molar-refractivity contribution < 1.29 is 30.6 Å². The number of aryl methyl sites for hydroxylation is 2. The molecule has 1 rings (SSSR count). The fourth-order valence-electron chi connectivity index (χ4n) is 1.81. The lowest BCUT2D eigenvalue weighted by Gasteiger charge is -2.25. The lowest BCUT2D eigenvalue weighted by Crippen LogP contribution is -2.46. The smallest absolute Gasteiger partial charge is 0.139 e. The normalized spacial score (nSPS) is 18.1. The van der Waals surface area contributed by atoms with Gasteiger partial charge in [-0.1, -0.05) is 18.2 Å². The molecule has 1 aromatic carbocycles. The van der Waals surface area contributed by atoms with Crippen LogP contribution in [-0.2, 0) is 0 Å². The molecule has 0 aromatic heterocycles. The highest BCUT2D eigenvalue weighted by atomic mass is 16.4. The molecule has 0 aliphatic heterocycles. The summed E-state index contributed by atoms with van der Waals surface area (Å²) in [7, 11) is 0. The van der Waals surface area contributed by atoms with E-state index in [0.29, 0.717) is 5.56 Å². The van der Waals surface area contributed by atoms with E-state index in [-0.39, 0.29) is 0 Å². The number of hydrogen-bond donors (Lipinski definition) is 6. The molecule has 0 radical (unpaired) electrons. The van der Waals surface area contributed by atoms with Gasteiger partial charge in [0.2, 0.25) is 0 Å².